The fourth-order valence-electron chi connectivity index (χ4n) is 15.1. The molecule has 50 heavy (non-hydrogen) atoms. The van der Waals surface area contributed by atoms with Crippen molar-refractivity contribution < 1.29 is 19.4 Å². The van der Waals surface area contributed by atoms with E-state index in [2.05, 4.69) is 95.8 Å². The normalized spacial score (nSPS) is 47.6. The molecule has 13 rings (SSSR count). The van der Waals surface area contributed by atoms with Crippen LogP contribution in [0.4, 0.5) is 5.69 Å². The Morgan fingerprint density at radius 3 is 2.68 bits per heavy atom. The molecule has 260 valence electrons. The molecular formula is C42H48N4O4. The Balaban J connectivity index is 1.02. The van der Waals surface area contributed by atoms with Crippen molar-refractivity contribution in [1.82, 2.24) is 14.4 Å². The number of esters is 1. The number of aliphatic hydroxyl groups is 1. The number of hydrogen-bond donors (Lipinski definition) is 1. The molecule has 1 N–H and O–H groups in total. The van der Waals surface area contributed by atoms with E-state index in [0.717, 1.165) is 45.4 Å². The second-order valence-corrected chi connectivity index (χ2v) is 17.8. The quantitative estimate of drug-likeness (QED) is 0.298. The number of likely N-dealkylation sites (N-methyl/N-ethyl adjacent to an activating group) is 1. The number of carbonyl (C=O) groups excluding carboxylic acids is 1. The SMILES string of the molecule is C/C=C1/CN2[C@H]3C[C@@]45c6cccc7c6N(C[C@@H]6[C@H]8C[C@H]9c%10c(c%11ccccc%11n%10C)C[C@@H]([C@@H]8CO[C@@]76C)N9C)[C@@H]4[C@@H]2C[C@H]1[C@H]3[C@@]5(O)C(=O)OC. The van der Waals surface area contributed by atoms with Crippen LogP contribution in [0.3, 0.4) is 0 Å². The Morgan fingerprint density at radius 2 is 1.86 bits per heavy atom. The third-order valence-electron chi connectivity index (χ3n) is 16.9. The Hall–Kier alpha value is -3.17. The molecule has 10 aliphatic rings. The van der Waals surface area contributed by atoms with Gasteiger partial charge < -0.3 is 24.0 Å². The van der Waals surface area contributed by atoms with Crippen LogP contribution in [0.1, 0.15) is 61.5 Å². The van der Waals surface area contributed by atoms with Crippen molar-refractivity contribution in [2.24, 2.45) is 36.6 Å². The average Bonchev–Trinajstić information content (AvgIpc) is 3.66. The van der Waals surface area contributed by atoms with Gasteiger partial charge in [-0.3, -0.25) is 9.80 Å². The number of ether oxygens (including phenoxy) is 2. The molecule has 10 heterocycles. The van der Waals surface area contributed by atoms with E-state index in [9.17, 15) is 9.90 Å². The number of methoxy groups -OCH3 is 1. The van der Waals surface area contributed by atoms with Crippen molar-refractivity contribution in [2.75, 3.05) is 38.8 Å². The first-order valence-electron chi connectivity index (χ1n) is 19.2. The Morgan fingerprint density at radius 1 is 1.04 bits per heavy atom. The highest BCUT2D eigenvalue weighted by molar-refractivity contribution is 5.89. The molecule has 0 radical (unpaired) electrons. The fraction of sp³-hybridized carbons (Fsp3) is 0.595. The number of aromatic nitrogens is 1. The molecule has 9 aliphatic heterocycles. The summed E-state index contributed by atoms with van der Waals surface area (Å²) in [5.74, 6) is 0.865. The Labute approximate surface area is 294 Å². The standard InChI is InChI=1S/C42H48N4O4/c1-6-21-18-45-33-14-23(21)35-34(45)17-41(42(35,48)39(47)49-5)28-12-9-11-27-37(28)46(38(33)41)19-29-24-15-32-36-25(22-10-7-8-13-30(22)44(36)4)16-31(43(32)3)26(24)20-50-40(27,29)2/h6-13,23-24,26,29,31-35,38,48H,14-20H2,1-5H3/b21-6-/t23-,24+,26-,29-,31+,32+,33+,34+,35-,38-,40+,41-,42-/m1/s1. The number of benzene rings is 2. The number of hydrogen-bond acceptors (Lipinski definition) is 7. The summed E-state index contributed by atoms with van der Waals surface area (Å²) in [6.45, 7) is 7.12. The molecule has 14 atom stereocenters. The van der Waals surface area contributed by atoms with Crippen LogP contribution in [0, 0.1) is 29.6 Å². The molecule has 1 unspecified atom stereocenters. The van der Waals surface area contributed by atoms with Crippen LogP contribution in [-0.2, 0) is 38.8 Å². The van der Waals surface area contributed by atoms with Crippen LogP contribution in [0.15, 0.2) is 54.1 Å². The molecule has 6 saturated heterocycles. The summed E-state index contributed by atoms with van der Waals surface area (Å²) in [7, 11) is 6.10. The van der Waals surface area contributed by atoms with E-state index in [4.69, 9.17) is 9.47 Å². The number of para-hydroxylation sites is 2. The number of allylic oxidation sites excluding steroid dienone is 1. The lowest BCUT2D eigenvalue weighted by Gasteiger charge is -2.63. The van der Waals surface area contributed by atoms with Crippen LogP contribution >= 0.6 is 0 Å². The number of carbonyl (C=O) groups is 1. The van der Waals surface area contributed by atoms with Gasteiger partial charge in [-0.15, -0.1) is 0 Å². The highest BCUT2D eigenvalue weighted by Crippen LogP contribution is 2.74. The van der Waals surface area contributed by atoms with Gasteiger partial charge in [0, 0.05) is 83.9 Å². The van der Waals surface area contributed by atoms with Crippen molar-refractivity contribution in [3.8, 4) is 0 Å². The number of fused-ring (bicyclic) bond motifs is 13. The van der Waals surface area contributed by atoms with Gasteiger partial charge in [0.25, 0.3) is 0 Å². The molecule has 7 bridgehead atoms. The Kier molecular flexibility index (Phi) is 5.33. The summed E-state index contributed by atoms with van der Waals surface area (Å²) in [6.07, 6.45) is 6.24. The lowest BCUT2D eigenvalue weighted by atomic mass is 9.59. The average molecular weight is 673 g/mol. The zero-order valence-corrected chi connectivity index (χ0v) is 29.8. The molecule has 3 aromatic rings. The highest BCUT2D eigenvalue weighted by Gasteiger charge is 2.84. The van der Waals surface area contributed by atoms with Crippen molar-refractivity contribution in [1.29, 1.82) is 0 Å². The lowest BCUT2D eigenvalue weighted by Crippen LogP contribution is -2.70. The molecule has 8 nitrogen and oxygen atoms in total. The minimum atomic E-state index is -1.59. The summed E-state index contributed by atoms with van der Waals surface area (Å²) in [4.78, 5) is 22.4. The zero-order chi connectivity index (χ0) is 33.8. The monoisotopic (exact) mass is 672 g/mol. The number of nitrogens with zero attached hydrogens (tertiary/aromatic N) is 4. The largest absolute Gasteiger partial charge is 0.467 e. The molecule has 0 amide bonds. The molecule has 1 aromatic heterocycles. The van der Waals surface area contributed by atoms with Gasteiger partial charge in [-0.25, -0.2) is 4.79 Å². The maximum atomic E-state index is 14.3. The van der Waals surface area contributed by atoms with Gasteiger partial charge in [0.15, 0.2) is 5.60 Å². The van der Waals surface area contributed by atoms with E-state index in [1.54, 1.807) is 5.56 Å². The number of aryl methyl sites for hydroxylation is 1. The third kappa shape index (κ3) is 2.85. The molecule has 1 spiro atoms. The van der Waals surface area contributed by atoms with E-state index in [1.807, 2.05) is 0 Å². The maximum absolute atomic E-state index is 14.3. The van der Waals surface area contributed by atoms with Gasteiger partial charge in [0.1, 0.15) is 0 Å². The summed E-state index contributed by atoms with van der Waals surface area (Å²) in [5.41, 5.74) is 6.73. The predicted molar refractivity (Wildman–Crippen MR) is 190 cm³/mol. The number of rotatable bonds is 1. The smallest absolute Gasteiger partial charge is 0.339 e. The topological polar surface area (TPSA) is 70.4 Å². The first-order chi connectivity index (χ1) is 24.2. The van der Waals surface area contributed by atoms with Gasteiger partial charge >= 0.3 is 5.97 Å². The van der Waals surface area contributed by atoms with Crippen molar-refractivity contribution in [2.45, 2.75) is 86.4 Å². The molecule has 7 fully saturated rings. The van der Waals surface area contributed by atoms with Crippen LogP contribution in [0.25, 0.3) is 10.9 Å². The minimum Gasteiger partial charge on any atom is -0.467 e. The van der Waals surface area contributed by atoms with E-state index in [1.165, 1.54) is 46.1 Å². The van der Waals surface area contributed by atoms with E-state index in [-0.39, 0.29) is 30.0 Å². The van der Waals surface area contributed by atoms with Crippen LogP contribution < -0.4 is 4.90 Å². The molecular weight excluding hydrogens is 624 g/mol. The van der Waals surface area contributed by atoms with Gasteiger partial charge in [-0.2, -0.15) is 0 Å². The second-order valence-electron chi connectivity index (χ2n) is 17.8. The summed E-state index contributed by atoms with van der Waals surface area (Å²) >= 11 is 0. The summed E-state index contributed by atoms with van der Waals surface area (Å²) < 4.78 is 15.4. The van der Waals surface area contributed by atoms with Crippen molar-refractivity contribution >= 4 is 22.6 Å². The lowest BCUT2D eigenvalue weighted by molar-refractivity contribution is -0.199. The van der Waals surface area contributed by atoms with E-state index >= 15 is 0 Å². The van der Waals surface area contributed by atoms with Crippen molar-refractivity contribution in [3.05, 3.63) is 76.5 Å². The van der Waals surface area contributed by atoms with Gasteiger partial charge in [-0.1, -0.05) is 48.0 Å². The summed E-state index contributed by atoms with van der Waals surface area (Å²) in [6, 6.07) is 17.0. The molecule has 1 saturated carbocycles. The predicted octanol–water partition coefficient (Wildman–Crippen LogP) is 4.67. The zero-order valence-electron chi connectivity index (χ0n) is 29.8. The highest BCUT2D eigenvalue weighted by atomic mass is 16.5. The number of piperidine rings is 5. The fourth-order valence-corrected chi connectivity index (χ4v) is 15.1. The first kappa shape index (κ1) is 29.4. The van der Waals surface area contributed by atoms with Crippen LogP contribution in [0.2, 0.25) is 0 Å². The van der Waals surface area contributed by atoms with Crippen LogP contribution in [-0.4, -0.2) is 89.1 Å². The van der Waals surface area contributed by atoms with Gasteiger partial charge in [-0.05, 0) is 75.6 Å². The second kappa shape index (κ2) is 9.06. The molecule has 1 aliphatic carbocycles. The molecule has 8 heteroatoms. The summed E-state index contributed by atoms with van der Waals surface area (Å²) in [5, 5.41) is 14.7. The Bertz CT molecular complexity index is 2090. The number of anilines is 1. The third-order valence-corrected chi connectivity index (χ3v) is 16.9. The molecule has 2 aromatic carbocycles. The van der Waals surface area contributed by atoms with Gasteiger partial charge in [0.2, 0.25) is 0 Å². The van der Waals surface area contributed by atoms with Crippen LogP contribution in [0.5, 0.6) is 0 Å². The van der Waals surface area contributed by atoms with E-state index < -0.39 is 22.6 Å². The van der Waals surface area contributed by atoms with Crippen molar-refractivity contribution in [3.63, 3.8) is 0 Å². The minimum absolute atomic E-state index is 0.0212. The first-order valence-corrected chi connectivity index (χ1v) is 19.2. The maximum Gasteiger partial charge on any atom is 0.339 e. The van der Waals surface area contributed by atoms with Gasteiger partial charge in [0.05, 0.1) is 36.8 Å². The van der Waals surface area contributed by atoms with E-state index in [0.29, 0.717) is 29.8 Å².